The third kappa shape index (κ3) is 6.34. The van der Waals surface area contributed by atoms with Crippen LogP contribution >= 0.6 is 0 Å². The SMILES string of the molecule is CN(C)CCNC(=O)Oc1ccc2c(=O)[nH]c3nccc(Nc4ccc(NC(=O)c5ccc(F)c(F)c5)cc4)c3c2c1. The predicted molar refractivity (Wildman–Crippen MR) is 156 cm³/mol. The van der Waals surface area contributed by atoms with Crippen molar-refractivity contribution in [2.75, 3.05) is 37.8 Å². The molecule has 10 nitrogen and oxygen atoms in total. The van der Waals surface area contributed by atoms with Gasteiger partial charge in [-0.05, 0) is 80.8 Å². The van der Waals surface area contributed by atoms with Gasteiger partial charge in [0.15, 0.2) is 11.6 Å². The van der Waals surface area contributed by atoms with E-state index in [1.54, 1.807) is 54.7 Å². The summed E-state index contributed by atoms with van der Waals surface area (Å²) in [6.07, 6.45) is 0.931. The van der Waals surface area contributed by atoms with E-state index in [0.717, 1.165) is 12.1 Å². The highest BCUT2D eigenvalue weighted by molar-refractivity contribution is 6.11. The lowest BCUT2D eigenvalue weighted by atomic mass is 10.1. The number of rotatable bonds is 8. The molecular formula is C30H26F2N6O4. The average Bonchev–Trinajstić information content (AvgIpc) is 2.95. The number of carbonyl (C=O) groups excluding carboxylic acids is 2. The average molecular weight is 573 g/mol. The topological polar surface area (TPSA) is 128 Å². The number of pyridine rings is 2. The van der Waals surface area contributed by atoms with Crippen LogP contribution in [0.15, 0.2) is 77.7 Å². The molecule has 0 unspecified atom stereocenters. The second-order valence-corrected chi connectivity index (χ2v) is 9.65. The summed E-state index contributed by atoms with van der Waals surface area (Å²) in [7, 11) is 3.79. The zero-order chi connectivity index (χ0) is 29.8. The molecule has 0 atom stereocenters. The van der Waals surface area contributed by atoms with Crippen LogP contribution in [-0.4, -0.2) is 54.1 Å². The second kappa shape index (κ2) is 12.0. The lowest BCUT2D eigenvalue weighted by Crippen LogP contribution is -2.33. The van der Waals surface area contributed by atoms with Gasteiger partial charge in [0, 0.05) is 52.4 Å². The van der Waals surface area contributed by atoms with Gasteiger partial charge in [-0.3, -0.25) is 9.59 Å². The van der Waals surface area contributed by atoms with E-state index < -0.39 is 23.6 Å². The number of aromatic amines is 1. The molecule has 3 aromatic carbocycles. The molecular weight excluding hydrogens is 546 g/mol. The lowest BCUT2D eigenvalue weighted by Gasteiger charge is -2.13. The maximum absolute atomic E-state index is 13.5. The molecule has 0 saturated heterocycles. The summed E-state index contributed by atoms with van der Waals surface area (Å²) in [6, 6.07) is 16.1. The highest BCUT2D eigenvalue weighted by Gasteiger charge is 2.14. The Morgan fingerprint density at radius 2 is 1.69 bits per heavy atom. The van der Waals surface area contributed by atoms with Gasteiger partial charge in [0.2, 0.25) is 0 Å². The van der Waals surface area contributed by atoms with Crippen LogP contribution in [0.5, 0.6) is 5.75 Å². The number of fused-ring (bicyclic) bond motifs is 3. The zero-order valence-corrected chi connectivity index (χ0v) is 22.6. The molecule has 4 N–H and O–H groups in total. The van der Waals surface area contributed by atoms with Gasteiger partial charge in [-0.1, -0.05) is 0 Å². The minimum absolute atomic E-state index is 0.0189. The first-order valence-corrected chi connectivity index (χ1v) is 12.9. The van der Waals surface area contributed by atoms with Gasteiger partial charge in [0.25, 0.3) is 11.5 Å². The molecule has 42 heavy (non-hydrogen) atoms. The third-order valence-electron chi connectivity index (χ3n) is 6.33. The van der Waals surface area contributed by atoms with Crippen LogP contribution in [-0.2, 0) is 0 Å². The van der Waals surface area contributed by atoms with Crippen molar-refractivity contribution in [3.63, 3.8) is 0 Å². The molecule has 5 aromatic rings. The third-order valence-corrected chi connectivity index (χ3v) is 6.33. The molecule has 0 saturated carbocycles. The Balaban J connectivity index is 1.39. The largest absolute Gasteiger partial charge is 0.412 e. The van der Waals surface area contributed by atoms with Gasteiger partial charge in [0.05, 0.1) is 5.69 Å². The molecule has 0 aliphatic rings. The van der Waals surface area contributed by atoms with Crippen LogP contribution in [0.25, 0.3) is 21.8 Å². The van der Waals surface area contributed by atoms with Gasteiger partial charge in [-0.2, -0.15) is 0 Å². The fourth-order valence-corrected chi connectivity index (χ4v) is 4.26. The fourth-order valence-electron chi connectivity index (χ4n) is 4.26. The predicted octanol–water partition coefficient (Wildman–Crippen LogP) is 5.00. The van der Waals surface area contributed by atoms with Crippen molar-refractivity contribution >= 4 is 50.9 Å². The number of ether oxygens (including phenoxy) is 1. The number of aromatic nitrogens is 2. The van der Waals surface area contributed by atoms with E-state index >= 15 is 0 Å². The van der Waals surface area contributed by atoms with E-state index in [4.69, 9.17) is 4.74 Å². The van der Waals surface area contributed by atoms with Crippen molar-refractivity contribution in [2.24, 2.45) is 0 Å². The Morgan fingerprint density at radius 3 is 2.43 bits per heavy atom. The van der Waals surface area contributed by atoms with Gasteiger partial charge in [-0.25, -0.2) is 18.6 Å². The number of hydrogen-bond acceptors (Lipinski definition) is 7. The second-order valence-electron chi connectivity index (χ2n) is 9.65. The van der Waals surface area contributed by atoms with Crippen molar-refractivity contribution in [3.05, 3.63) is 100 Å². The number of hydrogen-bond donors (Lipinski definition) is 4. The summed E-state index contributed by atoms with van der Waals surface area (Å²) < 4.78 is 32.1. The molecule has 2 heterocycles. The number of nitrogens with zero attached hydrogens (tertiary/aromatic N) is 2. The van der Waals surface area contributed by atoms with E-state index in [9.17, 15) is 23.2 Å². The molecule has 0 aliphatic carbocycles. The van der Waals surface area contributed by atoms with Crippen LogP contribution in [0.2, 0.25) is 0 Å². The molecule has 12 heteroatoms. The fraction of sp³-hybridized carbons (Fsp3) is 0.133. The molecule has 0 bridgehead atoms. The van der Waals surface area contributed by atoms with Crippen molar-refractivity contribution in [1.29, 1.82) is 0 Å². The number of anilines is 3. The molecule has 2 aromatic heterocycles. The monoisotopic (exact) mass is 572 g/mol. The quantitative estimate of drug-likeness (QED) is 0.193. The number of amides is 2. The molecule has 214 valence electrons. The van der Waals surface area contributed by atoms with Crippen LogP contribution in [0, 0.1) is 11.6 Å². The van der Waals surface area contributed by atoms with E-state index in [-0.39, 0.29) is 16.9 Å². The molecule has 0 fully saturated rings. The standard InChI is InChI=1S/C30H26F2N6O4/c1-38(2)14-13-34-30(41)42-20-8-9-21-22(16-20)26-25(11-12-33-27(26)37-29(21)40)35-18-4-6-19(7-5-18)36-28(39)17-3-10-23(31)24(32)15-17/h3-12,15-16H,13-14H2,1-2H3,(H,34,41)(H,36,39)(H2,33,35,37,40). The number of carbonyl (C=O) groups is 2. The molecule has 2 amide bonds. The first-order valence-electron chi connectivity index (χ1n) is 12.9. The minimum atomic E-state index is -1.11. The van der Waals surface area contributed by atoms with Crippen LogP contribution in [0.3, 0.4) is 0 Å². The number of H-pyrrole nitrogens is 1. The van der Waals surface area contributed by atoms with E-state index in [1.165, 1.54) is 6.07 Å². The van der Waals surface area contributed by atoms with E-state index in [2.05, 4.69) is 25.9 Å². The maximum Gasteiger partial charge on any atom is 0.412 e. The Labute approximate surface area is 238 Å². The van der Waals surface area contributed by atoms with Gasteiger partial charge in [0.1, 0.15) is 11.4 Å². The van der Waals surface area contributed by atoms with E-state index in [1.807, 2.05) is 19.0 Å². The highest BCUT2D eigenvalue weighted by atomic mass is 19.2. The Morgan fingerprint density at radius 1 is 0.929 bits per heavy atom. The molecule has 0 aliphatic heterocycles. The smallest absolute Gasteiger partial charge is 0.410 e. The summed E-state index contributed by atoms with van der Waals surface area (Å²) in [4.78, 5) is 46.5. The van der Waals surface area contributed by atoms with E-state index in [0.29, 0.717) is 52.0 Å². The van der Waals surface area contributed by atoms with Crippen molar-refractivity contribution in [2.45, 2.75) is 0 Å². The summed E-state index contributed by atoms with van der Waals surface area (Å²) in [5.41, 5.74) is 1.68. The van der Waals surface area contributed by atoms with Crippen LogP contribution < -0.4 is 26.2 Å². The number of halogens is 2. The first-order chi connectivity index (χ1) is 20.2. The van der Waals surface area contributed by atoms with Crippen LogP contribution in [0.4, 0.5) is 30.6 Å². The number of nitrogens with one attached hydrogen (secondary N) is 4. The normalized spacial score (nSPS) is 11.1. The van der Waals surface area contributed by atoms with Gasteiger partial charge >= 0.3 is 6.09 Å². The maximum atomic E-state index is 13.5. The highest BCUT2D eigenvalue weighted by Crippen LogP contribution is 2.32. The van der Waals surface area contributed by atoms with Gasteiger partial charge in [-0.15, -0.1) is 0 Å². The van der Waals surface area contributed by atoms with Crippen LogP contribution in [0.1, 0.15) is 10.4 Å². The Bertz CT molecular complexity index is 1860. The molecule has 0 radical (unpaired) electrons. The summed E-state index contributed by atoms with van der Waals surface area (Å²) in [5, 5.41) is 10.1. The van der Waals surface area contributed by atoms with Crippen molar-refractivity contribution in [3.8, 4) is 5.75 Å². The zero-order valence-electron chi connectivity index (χ0n) is 22.6. The van der Waals surface area contributed by atoms with Crippen molar-refractivity contribution in [1.82, 2.24) is 20.2 Å². The first kappa shape index (κ1) is 28.2. The molecule has 0 spiro atoms. The summed E-state index contributed by atoms with van der Waals surface area (Å²) in [6.45, 7) is 1.06. The summed E-state index contributed by atoms with van der Waals surface area (Å²) in [5.74, 6) is -2.47. The summed E-state index contributed by atoms with van der Waals surface area (Å²) >= 11 is 0. The minimum Gasteiger partial charge on any atom is -0.410 e. The number of benzene rings is 3. The Kier molecular flexibility index (Phi) is 8.07. The lowest BCUT2D eigenvalue weighted by molar-refractivity contribution is 0.102. The number of likely N-dealkylation sites (N-methyl/N-ethyl adjacent to an activating group) is 1. The van der Waals surface area contributed by atoms with Gasteiger partial charge < -0.3 is 30.6 Å². The Hall–Kier alpha value is -5.36. The van der Waals surface area contributed by atoms with Crippen molar-refractivity contribution < 1.29 is 23.1 Å². The molecule has 5 rings (SSSR count).